The lowest BCUT2D eigenvalue weighted by molar-refractivity contribution is -0.121. The number of likely N-dealkylation sites (N-methyl/N-ethyl adjacent to an activating group) is 1. The maximum Gasteiger partial charge on any atom is 0.251 e. The van der Waals surface area contributed by atoms with Crippen LogP contribution >= 0.6 is 0 Å². The Morgan fingerprint density at radius 1 is 1.25 bits per heavy atom. The Bertz CT molecular complexity index is 463. The Balaban J connectivity index is 2.64. The van der Waals surface area contributed by atoms with Crippen LogP contribution in [0.25, 0.3) is 0 Å². The fourth-order valence-electron chi connectivity index (χ4n) is 2.13. The average Bonchev–Trinajstić information content (AvgIpc) is 2.21. The van der Waals surface area contributed by atoms with Crippen molar-refractivity contribution in [3.05, 3.63) is 23.3 Å². The van der Waals surface area contributed by atoms with Gasteiger partial charge >= 0.3 is 0 Å². The summed E-state index contributed by atoms with van der Waals surface area (Å²) >= 11 is 0. The topological polar surface area (TPSA) is 32.3 Å². The van der Waals surface area contributed by atoms with Crippen LogP contribution in [0.4, 0.5) is 11.4 Å². The van der Waals surface area contributed by atoms with Gasteiger partial charge in [0.25, 0.3) is 5.91 Å². The van der Waals surface area contributed by atoms with Gasteiger partial charge in [-0.15, -0.1) is 0 Å². The minimum absolute atomic E-state index is 0.100. The lowest BCUT2D eigenvalue weighted by Gasteiger charge is -2.39. The molecule has 1 amide bonds. The van der Waals surface area contributed by atoms with Crippen LogP contribution in [0.2, 0.25) is 0 Å². The maximum atomic E-state index is 12.1. The van der Waals surface area contributed by atoms with Crippen LogP contribution in [0, 0.1) is 13.8 Å². The molecule has 0 aromatic heterocycles. The summed E-state index contributed by atoms with van der Waals surface area (Å²) in [7, 11) is 1.83. The standard InChI is InChI=1S/C13H18N2O/c1-8-6-7-10-11(9(8)2)14-13(3,4)12(16)15(10)5/h6-7,14H,1-5H3. The van der Waals surface area contributed by atoms with Gasteiger partial charge in [0.15, 0.2) is 0 Å². The Labute approximate surface area is 96.5 Å². The molecule has 1 heterocycles. The van der Waals surface area contributed by atoms with E-state index in [0.29, 0.717) is 0 Å². The van der Waals surface area contributed by atoms with Crippen LogP contribution in [0.5, 0.6) is 0 Å². The average molecular weight is 218 g/mol. The van der Waals surface area contributed by atoms with Crippen LogP contribution in [0.15, 0.2) is 12.1 Å². The first-order valence-corrected chi connectivity index (χ1v) is 5.51. The van der Waals surface area contributed by atoms with Gasteiger partial charge in [-0.3, -0.25) is 4.79 Å². The number of fused-ring (bicyclic) bond motifs is 1. The first kappa shape index (κ1) is 11.0. The van der Waals surface area contributed by atoms with Gasteiger partial charge in [-0.1, -0.05) is 6.07 Å². The van der Waals surface area contributed by atoms with Gasteiger partial charge in [-0.25, -0.2) is 0 Å². The zero-order valence-corrected chi connectivity index (χ0v) is 10.5. The number of carbonyl (C=O) groups excluding carboxylic acids is 1. The van der Waals surface area contributed by atoms with E-state index >= 15 is 0 Å². The molecule has 0 unspecified atom stereocenters. The van der Waals surface area contributed by atoms with Crippen molar-refractivity contribution in [2.75, 3.05) is 17.3 Å². The lowest BCUT2D eigenvalue weighted by Crippen LogP contribution is -2.52. The van der Waals surface area contributed by atoms with Crippen LogP contribution in [-0.2, 0) is 4.79 Å². The van der Waals surface area contributed by atoms with Crippen LogP contribution in [0.3, 0.4) is 0 Å². The Kier molecular flexibility index (Phi) is 2.22. The fraction of sp³-hybridized carbons (Fsp3) is 0.462. The number of aryl methyl sites for hydroxylation is 1. The van der Waals surface area contributed by atoms with Gasteiger partial charge in [-0.05, 0) is 44.9 Å². The van der Waals surface area contributed by atoms with Gasteiger partial charge in [0.2, 0.25) is 0 Å². The Morgan fingerprint density at radius 2 is 1.88 bits per heavy atom. The van der Waals surface area contributed by atoms with E-state index in [1.165, 1.54) is 11.1 Å². The van der Waals surface area contributed by atoms with Crippen molar-refractivity contribution in [3.63, 3.8) is 0 Å². The summed E-state index contributed by atoms with van der Waals surface area (Å²) in [5.74, 6) is 0.100. The predicted molar refractivity (Wildman–Crippen MR) is 67.0 cm³/mol. The van der Waals surface area contributed by atoms with Crippen molar-refractivity contribution in [1.82, 2.24) is 0 Å². The second kappa shape index (κ2) is 3.24. The molecule has 1 aromatic carbocycles. The predicted octanol–water partition coefficient (Wildman–Crippen LogP) is 2.47. The lowest BCUT2D eigenvalue weighted by atomic mass is 9.95. The minimum atomic E-state index is -0.527. The second-order valence-electron chi connectivity index (χ2n) is 5.02. The largest absolute Gasteiger partial charge is 0.370 e. The van der Waals surface area contributed by atoms with Gasteiger partial charge in [0.1, 0.15) is 5.54 Å². The highest BCUT2D eigenvalue weighted by Gasteiger charge is 2.37. The van der Waals surface area contributed by atoms with Gasteiger partial charge in [0, 0.05) is 7.05 Å². The third kappa shape index (κ3) is 1.39. The number of nitrogens with one attached hydrogen (secondary N) is 1. The number of carbonyl (C=O) groups is 1. The summed E-state index contributed by atoms with van der Waals surface area (Å²) in [6.45, 7) is 7.99. The van der Waals surface area contributed by atoms with Crippen molar-refractivity contribution in [1.29, 1.82) is 0 Å². The van der Waals surface area contributed by atoms with E-state index < -0.39 is 5.54 Å². The van der Waals surface area contributed by atoms with E-state index in [1.807, 2.05) is 27.0 Å². The van der Waals surface area contributed by atoms with Crippen molar-refractivity contribution in [3.8, 4) is 0 Å². The van der Waals surface area contributed by atoms with Gasteiger partial charge in [0.05, 0.1) is 11.4 Å². The summed E-state index contributed by atoms with van der Waals surface area (Å²) in [5, 5.41) is 3.33. The number of amides is 1. The molecular weight excluding hydrogens is 200 g/mol. The zero-order chi connectivity index (χ0) is 12.1. The summed E-state index contributed by atoms with van der Waals surface area (Å²) in [4.78, 5) is 13.8. The van der Waals surface area contributed by atoms with Crippen LogP contribution < -0.4 is 10.2 Å². The molecule has 0 saturated heterocycles. The molecule has 3 nitrogen and oxygen atoms in total. The molecule has 0 radical (unpaired) electrons. The Hall–Kier alpha value is -1.51. The summed E-state index contributed by atoms with van der Waals surface area (Å²) < 4.78 is 0. The normalized spacial score (nSPS) is 18.1. The first-order chi connectivity index (χ1) is 7.34. The number of hydrogen-bond acceptors (Lipinski definition) is 2. The highest BCUT2D eigenvalue weighted by atomic mass is 16.2. The molecule has 0 aliphatic carbocycles. The molecule has 0 atom stereocenters. The third-order valence-corrected chi connectivity index (χ3v) is 3.35. The van der Waals surface area contributed by atoms with Crippen LogP contribution in [-0.4, -0.2) is 18.5 Å². The number of anilines is 2. The zero-order valence-electron chi connectivity index (χ0n) is 10.5. The molecule has 1 aromatic rings. The molecular formula is C13H18N2O. The molecule has 16 heavy (non-hydrogen) atoms. The van der Waals surface area contributed by atoms with E-state index in [4.69, 9.17) is 0 Å². The minimum Gasteiger partial charge on any atom is -0.370 e. The van der Waals surface area contributed by atoms with E-state index in [1.54, 1.807) is 4.90 Å². The molecule has 1 aliphatic heterocycles. The highest BCUT2D eigenvalue weighted by Crippen LogP contribution is 2.37. The maximum absolute atomic E-state index is 12.1. The monoisotopic (exact) mass is 218 g/mol. The summed E-state index contributed by atoms with van der Waals surface area (Å²) in [5.41, 5.74) is 3.97. The summed E-state index contributed by atoms with van der Waals surface area (Å²) in [6.07, 6.45) is 0. The van der Waals surface area contributed by atoms with Crippen molar-refractivity contribution in [2.45, 2.75) is 33.2 Å². The van der Waals surface area contributed by atoms with Gasteiger partial charge < -0.3 is 10.2 Å². The number of hydrogen-bond donors (Lipinski definition) is 1. The third-order valence-electron chi connectivity index (χ3n) is 3.35. The first-order valence-electron chi connectivity index (χ1n) is 5.51. The molecule has 0 saturated carbocycles. The van der Waals surface area contributed by atoms with E-state index in [9.17, 15) is 4.79 Å². The number of nitrogens with zero attached hydrogens (tertiary/aromatic N) is 1. The molecule has 1 N–H and O–H groups in total. The second-order valence-corrected chi connectivity index (χ2v) is 5.02. The van der Waals surface area contributed by atoms with Crippen LogP contribution in [0.1, 0.15) is 25.0 Å². The molecule has 0 spiro atoms. The van der Waals surface area contributed by atoms with Crippen molar-refractivity contribution < 1.29 is 4.79 Å². The van der Waals surface area contributed by atoms with Gasteiger partial charge in [-0.2, -0.15) is 0 Å². The smallest absolute Gasteiger partial charge is 0.251 e. The van der Waals surface area contributed by atoms with E-state index in [0.717, 1.165) is 11.4 Å². The molecule has 3 heteroatoms. The summed E-state index contributed by atoms with van der Waals surface area (Å²) in [6, 6.07) is 4.05. The SMILES string of the molecule is Cc1ccc2c(c1C)NC(C)(C)C(=O)N2C. The molecule has 0 bridgehead atoms. The van der Waals surface area contributed by atoms with E-state index in [-0.39, 0.29) is 5.91 Å². The number of rotatable bonds is 0. The van der Waals surface area contributed by atoms with E-state index in [2.05, 4.69) is 25.2 Å². The number of benzene rings is 1. The molecule has 2 rings (SSSR count). The highest BCUT2D eigenvalue weighted by molar-refractivity contribution is 6.07. The van der Waals surface area contributed by atoms with Crippen molar-refractivity contribution >= 4 is 17.3 Å². The van der Waals surface area contributed by atoms with Crippen molar-refractivity contribution in [2.24, 2.45) is 0 Å². The molecule has 1 aliphatic rings. The Morgan fingerprint density at radius 3 is 2.50 bits per heavy atom. The fourth-order valence-corrected chi connectivity index (χ4v) is 2.13. The molecule has 86 valence electrons. The quantitative estimate of drug-likeness (QED) is 0.725. The molecule has 0 fully saturated rings.